The number of pyridine rings is 1. The molecule has 1 aliphatic carbocycles. The molecule has 0 aromatic carbocycles. The summed E-state index contributed by atoms with van der Waals surface area (Å²) in [5, 5.41) is 10.6. The molecule has 1 aromatic heterocycles. The first kappa shape index (κ1) is 11.5. The molecule has 6 nitrogen and oxygen atoms in total. The predicted molar refractivity (Wildman–Crippen MR) is 58.4 cm³/mol. The molecule has 0 spiro atoms. The molecule has 1 aliphatic rings. The third kappa shape index (κ3) is 2.41. The van der Waals surface area contributed by atoms with Crippen LogP contribution in [-0.2, 0) is 9.53 Å². The van der Waals surface area contributed by atoms with Crippen LogP contribution in [0.3, 0.4) is 0 Å². The Kier molecular flexibility index (Phi) is 3.03. The minimum atomic E-state index is -0.465. The van der Waals surface area contributed by atoms with Gasteiger partial charge in [-0.2, -0.15) is 0 Å². The van der Waals surface area contributed by atoms with Crippen LogP contribution in [0.5, 0.6) is 0 Å². The van der Waals surface area contributed by atoms with Crippen molar-refractivity contribution >= 4 is 11.7 Å². The fourth-order valence-corrected chi connectivity index (χ4v) is 1.78. The highest BCUT2D eigenvalue weighted by Crippen LogP contribution is 2.47. The molecule has 1 heterocycles. The van der Waals surface area contributed by atoms with Crippen molar-refractivity contribution in [3.63, 3.8) is 0 Å². The maximum atomic E-state index is 11.4. The highest BCUT2D eigenvalue weighted by molar-refractivity contribution is 5.77. The maximum Gasteiger partial charge on any atom is 0.309 e. The second-order valence-electron chi connectivity index (χ2n) is 3.90. The van der Waals surface area contributed by atoms with Crippen molar-refractivity contribution < 1.29 is 14.5 Å². The number of esters is 1. The molecule has 90 valence electrons. The Morgan fingerprint density at radius 2 is 2.47 bits per heavy atom. The van der Waals surface area contributed by atoms with E-state index in [9.17, 15) is 14.9 Å². The summed E-state index contributed by atoms with van der Waals surface area (Å²) in [5.41, 5.74) is 0.599. The van der Waals surface area contributed by atoms with E-state index in [0.717, 1.165) is 0 Å². The lowest BCUT2D eigenvalue weighted by Gasteiger charge is -2.00. The van der Waals surface area contributed by atoms with Crippen LogP contribution in [-0.4, -0.2) is 22.5 Å². The lowest BCUT2D eigenvalue weighted by Crippen LogP contribution is -2.07. The number of nitro groups is 1. The van der Waals surface area contributed by atoms with Gasteiger partial charge in [-0.25, -0.2) is 0 Å². The average molecular weight is 236 g/mol. The first-order chi connectivity index (χ1) is 8.13. The molecule has 1 aromatic rings. The first-order valence-electron chi connectivity index (χ1n) is 5.40. The van der Waals surface area contributed by atoms with Crippen LogP contribution in [0.2, 0.25) is 0 Å². The number of aromatic nitrogens is 1. The summed E-state index contributed by atoms with van der Waals surface area (Å²) in [6.07, 6.45) is 2.06. The summed E-state index contributed by atoms with van der Waals surface area (Å²) in [7, 11) is 0. The molecule has 1 saturated carbocycles. The Labute approximate surface area is 97.8 Å². The minimum absolute atomic E-state index is 0.00417. The first-order valence-corrected chi connectivity index (χ1v) is 5.40. The standard InChI is InChI=1S/C11H12N2O4/c1-2-17-11(14)9-6-8(9)10-5-7(13(15)16)3-4-12-10/h3-5,8-9H,2,6H2,1H3/t8?,9-/m0/s1. The third-order valence-electron chi connectivity index (χ3n) is 2.74. The smallest absolute Gasteiger partial charge is 0.309 e. The summed E-state index contributed by atoms with van der Waals surface area (Å²) in [6, 6.07) is 2.76. The van der Waals surface area contributed by atoms with E-state index in [2.05, 4.69) is 4.98 Å². The van der Waals surface area contributed by atoms with Gasteiger partial charge in [0.15, 0.2) is 0 Å². The highest BCUT2D eigenvalue weighted by Gasteiger charge is 2.46. The summed E-state index contributed by atoms with van der Waals surface area (Å²) < 4.78 is 4.89. The van der Waals surface area contributed by atoms with E-state index >= 15 is 0 Å². The van der Waals surface area contributed by atoms with E-state index in [-0.39, 0.29) is 23.5 Å². The second kappa shape index (κ2) is 4.48. The second-order valence-corrected chi connectivity index (χ2v) is 3.90. The van der Waals surface area contributed by atoms with Gasteiger partial charge in [-0.15, -0.1) is 0 Å². The molecule has 0 amide bonds. The van der Waals surface area contributed by atoms with Gasteiger partial charge in [0.05, 0.1) is 23.1 Å². The fraction of sp³-hybridized carbons (Fsp3) is 0.455. The topological polar surface area (TPSA) is 82.3 Å². The molecule has 17 heavy (non-hydrogen) atoms. The quantitative estimate of drug-likeness (QED) is 0.451. The van der Waals surface area contributed by atoms with Crippen LogP contribution >= 0.6 is 0 Å². The monoisotopic (exact) mass is 236 g/mol. The van der Waals surface area contributed by atoms with E-state index in [1.807, 2.05) is 0 Å². The largest absolute Gasteiger partial charge is 0.466 e. The van der Waals surface area contributed by atoms with E-state index < -0.39 is 4.92 Å². The molecule has 2 atom stereocenters. The predicted octanol–water partition coefficient (Wildman–Crippen LogP) is 1.66. The number of rotatable bonds is 4. The summed E-state index contributed by atoms with van der Waals surface area (Å²) in [4.78, 5) is 25.6. The van der Waals surface area contributed by atoms with E-state index in [1.165, 1.54) is 18.3 Å². The van der Waals surface area contributed by atoms with Gasteiger partial charge in [0.1, 0.15) is 0 Å². The maximum absolute atomic E-state index is 11.4. The van der Waals surface area contributed by atoms with E-state index in [0.29, 0.717) is 18.7 Å². The summed E-state index contributed by atoms with van der Waals surface area (Å²) >= 11 is 0. The van der Waals surface area contributed by atoms with Gasteiger partial charge < -0.3 is 4.74 Å². The zero-order chi connectivity index (χ0) is 12.4. The molecular weight excluding hydrogens is 224 g/mol. The van der Waals surface area contributed by atoms with E-state index in [1.54, 1.807) is 6.92 Å². The Morgan fingerprint density at radius 3 is 3.12 bits per heavy atom. The van der Waals surface area contributed by atoms with Gasteiger partial charge in [-0.3, -0.25) is 19.9 Å². The van der Waals surface area contributed by atoms with Crippen LogP contribution < -0.4 is 0 Å². The Bertz CT molecular complexity index is 461. The number of hydrogen-bond donors (Lipinski definition) is 0. The van der Waals surface area contributed by atoms with Crippen molar-refractivity contribution in [3.05, 3.63) is 34.1 Å². The van der Waals surface area contributed by atoms with Gasteiger partial charge >= 0.3 is 5.97 Å². The molecule has 0 N–H and O–H groups in total. The van der Waals surface area contributed by atoms with Crippen LogP contribution in [0, 0.1) is 16.0 Å². The molecule has 0 radical (unpaired) electrons. The van der Waals surface area contributed by atoms with Gasteiger partial charge in [0.25, 0.3) is 5.69 Å². The Hall–Kier alpha value is -1.98. The zero-order valence-corrected chi connectivity index (χ0v) is 9.33. The van der Waals surface area contributed by atoms with Crippen LogP contribution in [0.15, 0.2) is 18.3 Å². The lowest BCUT2D eigenvalue weighted by molar-refractivity contribution is -0.385. The number of hydrogen-bond acceptors (Lipinski definition) is 5. The number of carbonyl (C=O) groups excluding carboxylic acids is 1. The van der Waals surface area contributed by atoms with Crippen molar-refractivity contribution in [2.24, 2.45) is 5.92 Å². The van der Waals surface area contributed by atoms with Crippen molar-refractivity contribution in [1.29, 1.82) is 0 Å². The molecule has 2 rings (SSSR count). The molecule has 0 aliphatic heterocycles. The normalized spacial score (nSPS) is 21.9. The molecule has 0 saturated heterocycles. The summed E-state index contributed by atoms with van der Waals surface area (Å²) in [5.74, 6) is -0.468. The van der Waals surface area contributed by atoms with Crippen molar-refractivity contribution in [2.45, 2.75) is 19.3 Å². The Balaban J connectivity index is 2.08. The lowest BCUT2D eigenvalue weighted by atomic mass is 10.2. The minimum Gasteiger partial charge on any atom is -0.466 e. The summed E-state index contributed by atoms with van der Waals surface area (Å²) in [6.45, 7) is 2.10. The van der Waals surface area contributed by atoms with Crippen molar-refractivity contribution in [1.82, 2.24) is 4.98 Å². The van der Waals surface area contributed by atoms with Crippen LogP contribution in [0.1, 0.15) is 25.0 Å². The fourth-order valence-electron chi connectivity index (χ4n) is 1.78. The SMILES string of the molecule is CCOC(=O)[C@H]1CC1c1cc([N+](=O)[O-])ccn1. The Morgan fingerprint density at radius 1 is 1.71 bits per heavy atom. The van der Waals surface area contributed by atoms with E-state index in [4.69, 9.17) is 4.74 Å². The average Bonchev–Trinajstić information content (AvgIpc) is 3.09. The third-order valence-corrected chi connectivity index (χ3v) is 2.74. The van der Waals surface area contributed by atoms with Crippen LogP contribution in [0.4, 0.5) is 5.69 Å². The van der Waals surface area contributed by atoms with Gasteiger partial charge in [-0.1, -0.05) is 0 Å². The molecule has 6 heteroatoms. The van der Waals surface area contributed by atoms with Crippen molar-refractivity contribution in [2.75, 3.05) is 6.61 Å². The zero-order valence-electron chi connectivity index (χ0n) is 9.33. The number of nitrogens with zero attached hydrogens (tertiary/aromatic N) is 2. The van der Waals surface area contributed by atoms with Gasteiger partial charge in [0, 0.05) is 24.2 Å². The van der Waals surface area contributed by atoms with Crippen molar-refractivity contribution in [3.8, 4) is 0 Å². The van der Waals surface area contributed by atoms with Gasteiger partial charge in [0.2, 0.25) is 0 Å². The highest BCUT2D eigenvalue weighted by atomic mass is 16.6. The molecule has 1 fully saturated rings. The molecule has 0 bridgehead atoms. The van der Waals surface area contributed by atoms with Gasteiger partial charge in [-0.05, 0) is 13.3 Å². The molecule has 1 unspecified atom stereocenters. The number of ether oxygens (including phenoxy) is 1. The number of carbonyl (C=O) groups is 1. The molecular formula is C11H12N2O4. The van der Waals surface area contributed by atoms with Crippen LogP contribution in [0.25, 0.3) is 0 Å².